The fraction of sp³-hybridized carbons (Fsp3) is 0.520. The molecule has 3 heterocycles. The van der Waals surface area contributed by atoms with Crippen molar-refractivity contribution in [2.75, 3.05) is 13.2 Å². The van der Waals surface area contributed by atoms with E-state index >= 15 is 0 Å². The van der Waals surface area contributed by atoms with Crippen molar-refractivity contribution in [2.24, 2.45) is 29.6 Å². The van der Waals surface area contributed by atoms with Gasteiger partial charge in [-0.15, -0.1) is 11.8 Å². The highest BCUT2D eigenvalue weighted by Gasteiger charge is 2.69. The number of carbonyl (C=O) groups is 3. The number of amides is 2. The fourth-order valence-electron chi connectivity index (χ4n) is 6.84. The largest absolute Gasteiger partial charge is 0.508 e. The molecule has 2 saturated carbocycles. The summed E-state index contributed by atoms with van der Waals surface area (Å²) in [7, 11) is 0. The van der Waals surface area contributed by atoms with Crippen LogP contribution < -0.4 is 4.87 Å². The number of rotatable bonds is 6. The number of esters is 1. The minimum Gasteiger partial charge on any atom is -0.508 e. The van der Waals surface area contributed by atoms with Gasteiger partial charge in [0.2, 0.25) is 11.8 Å². The molecule has 2 bridgehead atoms. The zero-order valence-electron chi connectivity index (χ0n) is 19.1. The number of thioether (sulfide) groups is 1. The van der Waals surface area contributed by atoms with Crippen molar-refractivity contribution in [1.29, 1.82) is 0 Å². The molecule has 6 rings (SSSR count). The van der Waals surface area contributed by atoms with Crippen LogP contribution >= 0.6 is 23.1 Å². The summed E-state index contributed by atoms with van der Waals surface area (Å²) in [4.78, 5) is 56.2. The van der Waals surface area contributed by atoms with Crippen LogP contribution in [-0.4, -0.2) is 51.2 Å². The Balaban J connectivity index is 1.34. The molecule has 0 spiro atoms. The maximum Gasteiger partial charge on any atom is 0.326 e. The van der Waals surface area contributed by atoms with Crippen LogP contribution in [0.1, 0.15) is 42.5 Å². The van der Waals surface area contributed by atoms with Gasteiger partial charge < -0.3 is 14.8 Å². The van der Waals surface area contributed by atoms with Crippen molar-refractivity contribution in [2.45, 2.75) is 42.4 Å². The van der Waals surface area contributed by atoms with E-state index in [1.807, 2.05) is 19.1 Å². The third kappa shape index (κ3) is 3.40. The van der Waals surface area contributed by atoms with Crippen molar-refractivity contribution in [1.82, 2.24) is 9.88 Å². The number of aromatic amines is 1. The van der Waals surface area contributed by atoms with Gasteiger partial charge in [-0.25, -0.2) is 0 Å². The normalized spacial score (nSPS) is 32.5. The van der Waals surface area contributed by atoms with Gasteiger partial charge in [-0.3, -0.25) is 24.1 Å². The summed E-state index contributed by atoms with van der Waals surface area (Å²) in [5, 5.41) is 11.6. The molecule has 2 aliphatic carbocycles. The van der Waals surface area contributed by atoms with Crippen LogP contribution in [0.3, 0.4) is 0 Å². The number of nitrogens with zero attached hydrogens (tertiary/aromatic N) is 1. The Bertz CT molecular complexity index is 1270. The number of ether oxygens (including phenoxy) is 1. The van der Waals surface area contributed by atoms with E-state index in [-0.39, 0.29) is 64.5 Å². The van der Waals surface area contributed by atoms with Gasteiger partial charge in [0, 0.05) is 21.6 Å². The first kappa shape index (κ1) is 22.8. The van der Waals surface area contributed by atoms with Crippen molar-refractivity contribution >= 4 is 40.9 Å². The Kier molecular flexibility index (Phi) is 5.56. The van der Waals surface area contributed by atoms with E-state index in [1.165, 1.54) is 0 Å². The first-order chi connectivity index (χ1) is 16.9. The van der Waals surface area contributed by atoms with Crippen LogP contribution in [0.15, 0.2) is 34.1 Å². The lowest BCUT2D eigenvalue weighted by molar-refractivity contribution is -0.153. The number of unbranched alkanes of at least 4 members (excludes halogenated alkanes) is 1. The van der Waals surface area contributed by atoms with Crippen LogP contribution in [0, 0.1) is 29.6 Å². The average Bonchev–Trinajstić information content (AvgIpc) is 3.55. The van der Waals surface area contributed by atoms with Crippen LogP contribution in [0.25, 0.3) is 0 Å². The number of fused-ring (bicyclic) bond motifs is 9. The molecule has 2 aromatic rings. The monoisotopic (exact) mass is 514 g/mol. The molecule has 10 heteroatoms. The number of likely N-dealkylation sites (tertiary alicyclic amines) is 1. The second kappa shape index (κ2) is 8.51. The highest BCUT2D eigenvalue weighted by molar-refractivity contribution is 8.00. The van der Waals surface area contributed by atoms with E-state index in [0.29, 0.717) is 0 Å². The maximum atomic E-state index is 13.5. The highest BCUT2D eigenvalue weighted by atomic mass is 32.2. The molecule has 2 amide bonds. The van der Waals surface area contributed by atoms with Crippen LogP contribution in [-0.2, 0) is 19.1 Å². The van der Waals surface area contributed by atoms with E-state index in [4.69, 9.17) is 4.74 Å². The van der Waals surface area contributed by atoms with E-state index in [1.54, 1.807) is 23.9 Å². The summed E-state index contributed by atoms with van der Waals surface area (Å²) in [5.74, 6) is -2.16. The lowest BCUT2D eigenvalue weighted by Crippen LogP contribution is -2.42. The second-order valence-corrected chi connectivity index (χ2v) is 12.1. The number of phenols is 1. The number of imide groups is 1. The van der Waals surface area contributed by atoms with Crippen molar-refractivity contribution < 1.29 is 24.2 Å². The van der Waals surface area contributed by atoms with Gasteiger partial charge in [0.05, 0.1) is 23.5 Å². The average molecular weight is 515 g/mol. The third-order valence-electron chi connectivity index (χ3n) is 8.14. The Morgan fingerprint density at radius 3 is 2.66 bits per heavy atom. The summed E-state index contributed by atoms with van der Waals surface area (Å²) in [5.41, 5.74) is 0.747. The quantitative estimate of drug-likeness (QED) is 0.346. The molecule has 7 atom stereocenters. The summed E-state index contributed by atoms with van der Waals surface area (Å²) in [6.07, 6.45) is 2.38. The maximum absolute atomic E-state index is 13.5. The molecular formula is C25H26N2O6S2. The first-order valence-electron chi connectivity index (χ1n) is 12.1. The van der Waals surface area contributed by atoms with Gasteiger partial charge >= 0.3 is 10.8 Å². The lowest BCUT2D eigenvalue weighted by atomic mass is 9.68. The first-order valence-corrected chi connectivity index (χ1v) is 13.8. The second-order valence-electron chi connectivity index (χ2n) is 9.86. The molecule has 3 fully saturated rings. The van der Waals surface area contributed by atoms with Gasteiger partial charge in [-0.05, 0) is 36.7 Å². The zero-order chi connectivity index (χ0) is 24.4. The molecule has 2 N–H and O–H groups in total. The Morgan fingerprint density at radius 2 is 1.91 bits per heavy atom. The molecule has 1 aromatic carbocycles. The number of aromatic nitrogens is 1. The van der Waals surface area contributed by atoms with Crippen molar-refractivity contribution in [3.05, 3.63) is 44.4 Å². The van der Waals surface area contributed by atoms with Gasteiger partial charge in [0.25, 0.3) is 0 Å². The van der Waals surface area contributed by atoms with E-state index in [2.05, 4.69) is 4.98 Å². The molecule has 7 unspecified atom stereocenters. The summed E-state index contributed by atoms with van der Waals surface area (Å²) in [6, 6.07) is 7.16. The van der Waals surface area contributed by atoms with Gasteiger partial charge in [0.1, 0.15) is 12.3 Å². The fourth-order valence-corrected chi connectivity index (χ4v) is 9.72. The number of H-pyrrole nitrogens is 1. The van der Waals surface area contributed by atoms with E-state index in [0.717, 1.165) is 51.0 Å². The van der Waals surface area contributed by atoms with Crippen LogP contribution in [0.5, 0.6) is 5.75 Å². The summed E-state index contributed by atoms with van der Waals surface area (Å²) >= 11 is 2.75. The standard InChI is InChI=1S/C25H26N2O6S2/c1-2-3-8-33-15(29)10-27-23(30)18-12-9-13(19(18)24(27)31)20-17(12)16(11-6-4-5-7-14(11)28)21-22(34-20)26-25(32)35-21/h4-7,12-13,16-20,28H,2-3,8-10H2,1H3,(H,26,32). The molecule has 8 nitrogen and oxygen atoms in total. The van der Waals surface area contributed by atoms with Gasteiger partial charge in [0.15, 0.2) is 0 Å². The number of hydrogen-bond acceptors (Lipinski definition) is 8. The Hall–Kier alpha value is -2.59. The molecule has 0 radical (unpaired) electrons. The molecular weight excluding hydrogens is 488 g/mol. The van der Waals surface area contributed by atoms with Crippen molar-refractivity contribution in [3.8, 4) is 5.75 Å². The van der Waals surface area contributed by atoms with E-state index in [9.17, 15) is 24.3 Å². The predicted octanol–water partition coefficient (Wildman–Crippen LogP) is 2.96. The minimum absolute atomic E-state index is 0.00621. The lowest BCUT2D eigenvalue weighted by Gasteiger charge is -2.43. The molecule has 1 aromatic heterocycles. The van der Waals surface area contributed by atoms with Gasteiger partial charge in [-0.1, -0.05) is 42.9 Å². The number of aromatic hydroxyl groups is 1. The molecule has 4 aliphatic rings. The minimum atomic E-state index is -0.550. The summed E-state index contributed by atoms with van der Waals surface area (Å²) in [6.45, 7) is 1.94. The molecule has 1 saturated heterocycles. The molecule has 35 heavy (non-hydrogen) atoms. The predicted molar refractivity (Wildman–Crippen MR) is 129 cm³/mol. The number of phenolic OH excluding ortho intramolecular Hbond substituents is 1. The number of nitrogens with one attached hydrogen (secondary N) is 1. The number of para-hydroxylation sites is 1. The number of benzene rings is 1. The van der Waals surface area contributed by atoms with Gasteiger partial charge in [-0.2, -0.15) is 0 Å². The van der Waals surface area contributed by atoms with E-state index < -0.39 is 17.8 Å². The molecule has 184 valence electrons. The van der Waals surface area contributed by atoms with Crippen LogP contribution in [0.2, 0.25) is 0 Å². The van der Waals surface area contributed by atoms with Crippen LogP contribution in [0.4, 0.5) is 0 Å². The topological polar surface area (TPSA) is 117 Å². The highest BCUT2D eigenvalue weighted by Crippen LogP contribution is 2.68. The number of hydrogen-bond donors (Lipinski definition) is 2. The Labute approximate surface area is 210 Å². The zero-order valence-corrected chi connectivity index (χ0v) is 20.8. The SMILES string of the molecule is CCCCOC(=O)CN1C(=O)C2C3CC(C2C1=O)C1C(c2ccccc2O)c2sc(=O)[nH]c2SC31. The molecule has 2 aliphatic heterocycles. The third-order valence-corrected chi connectivity index (χ3v) is 10.7. The number of thiazole rings is 1. The summed E-state index contributed by atoms with van der Waals surface area (Å²) < 4.78 is 5.21. The number of carbonyl (C=O) groups excluding carboxylic acids is 3. The van der Waals surface area contributed by atoms with Crippen molar-refractivity contribution in [3.63, 3.8) is 0 Å². The Morgan fingerprint density at radius 1 is 1.17 bits per heavy atom. The smallest absolute Gasteiger partial charge is 0.326 e.